The first-order chi connectivity index (χ1) is 9.74. The minimum atomic E-state index is -0.0637. The molecule has 0 heterocycles. The zero-order valence-corrected chi connectivity index (χ0v) is 12.0. The Labute approximate surface area is 120 Å². The van der Waals surface area contributed by atoms with Crippen molar-refractivity contribution in [3.8, 4) is 11.8 Å². The molecular formula is C16H22N2O2. The summed E-state index contributed by atoms with van der Waals surface area (Å²) in [7, 11) is 1.60. The molecule has 1 aromatic carbocycles. The van der Waals surface area contributed by atoms with Gasteiger partial charge >= 0.3 is 0 Å². The molecule has 1 saturated carbocycles. The highest BCUT2D eigenvalue weighted by molar-refractivity contribution is 5.66. The van der Waals surface area contributed by atoms with Crippen molar-refractivity contribution in [1.82, 2.24) is 0 Å². The number of benzene rings is 1. The van der Waals surface area contributed by atoms with E-state index in [0.717, 1.165) is 18.5 Å². The van der Waals surface area contributed by atoms with E-state index in [1.807, 2.05) is 12.1 Å². The topological polar surface area (TPSA) is 65.3 Å². The maximum atomic E-state index is 9.74. The Bertz CT molecular complexity index is 488. The van der Waals surface area contributed by atoms with Crippen molar-refractivity contribution in [2.75, 3.05) is 25.6 Å². The van der Waals surface area contributed by atoms with E-state index in [9.17, 15) is 10.4 Å². The first-order valence-electron chi connectivity index (χ1n) is 7.16. The Balaban J connectivity index is 2.15. The second-order valence-electron chi connectivity index (χ2n) is 5.57. The molecule has 0 aromatic heterocycles. The molecule has 1 aliphatic rings. The summed E-state index contributed by atoms with van der Waals surface area (Å²) >= 11 is 0. The van der Waals surface area contributed by atoms with Gasteiger partial charge in [0.2, 0.25) is 0 Å². The number of nitrogens with zero attached hydrogens (tertiary/aromatic N) is 1. The van der Waals surface area contributed by atoms with Gasteiger partial charge in [0, 0.05) is 12.0 Å². The van der Waals surface area contributed by atoms with E-state index in [0.29, 0.717) is 17.9 Å². The summed E-state index contributed by atoms with van der Waals surface area (Å²) < 4.78 is 5.32. The van der Waals surface area contributed by atoms with E-state index in [-0.39, 0.29) is 12.0 Å². The lowest BCUT2D eigenvalue weighted by Crippen LogP contribution is -2.35. The normalized spacial score (nSPS) is 17.2. The molecule has 0 saturated heterocycles. The Morgan fingerprint density at radius 2 is 2.10 bits per heavy atom. The largest absolute Gasteiger partial charge is 0.495 e. The lowest BCUT2D eigenvalue weighted by molar-refractivity contribution is 0.0943. The third-order valence-electron chi connectivity index (χ3n) is 4.26. The maximum Gasteiger partial charge on any atom is 0.143 e. The summed E-state index contributed by atoms with van der Waals surface area (Å²) in [6, 6.07) is 7.61. The standard InChI is InChI=1S/C16H22N2O2/c1-20-14-7-5-6-13(10-17)15(14)18-11-16(12-19)8-3-2-4-9-16/h5-7,18-19H,2-4,8-9,11-12H2,1H3. The van der Waals surface area contributed by atoms with Gasteiger partial charge in [0.15, 0.2) is 0 Å². The highest BCUT2D eigenvalue weighted by Crippen LogP contribution is 2.37. The van der Waals surface area contributed by atoms with Crippen LogP contribution in [0.4, 0.5) is 5.69 Å². The zero-order valence-electron chi connectivity index (χ0n) is 12.0. The van der Waals surface area contributed by atoms with Gasteiger partial charge in [0.1, 0.15) is 11.8 Å². The fourth-order valence-electron chi connectivity index (χ4n) is 2.95. The predicted molar refractivity (Wildman–Crippen MR) is 78.8 cm³/mol. The first-order valence-corrected chi connectivity index (χ1v) is 7.16. The SMILES string of the molecule is COc1cccc(C#N)c1NCC1(CO)CCCCC1. The van der Waals surface area contributed by atoms with E-state index < -0.39 is 0 Å². The monoisotopic (exact) mass is 274 g/mol. The molecule has 1 aliphatic carbocycles. The van der Waals surface area contributed by atoms with Gasteiger partial charge in [0.05, 0.1) is 25.0 Å². The smallest absolute Gasteiger partial charge is 0.143 e. The van der Waals surface area contributed by atoms with Crippen LogP contribution >= 0.6 is 0 Å². The molecule has 0 unspecified atom stereocenters. The van der Waals surface area contributed by atoms with Crippen molar-refractivity contribution in [2.45, 2.75) is 32.1 Å². The second kappa shape index (κ2) is 6.62. The number of methoxy groups -OCH3 is 1. The average Bonchev–Trinajstić information content (AvgIpc) is 2.53. The average molecular weight is 274 g/mol. The number of aliphatic hydroxyl groups is 1. The van der Waals surface area contributed by atoms with Crippen LogP contribution in [0, 0.1) is 16.7 Å². The van der Waals surface area contributed by atoms with Crippen LogP contribution < -0.4 is 10.1 Å². The minimum Gasteiger partial charge on any atom is -0.495 e. The molecule has 4 nitrogen and oxygen atoms in total. The zero-order chi connectivity index (χ0) is 14.4. The van der Waals surface area contributed by atoms with Crippen molar-refractivity contribution >= 4 is 5.69 Å². The number of nitriles is 1. The van der Waals surface area contributed by atoms with Gasteiger partial charge in [-0.3, -0.25) is 0 Å². The minimum absolute atomic E-state index is 0.0637. The van der Waals surface area contributed by atoms with Crippen LogP contribution in [0.1, 0.15) is 37.7 Å². The third-order valence-corrected chi connectivity index (χ3v) is 4.26. The molecular weight excluding hydrogens is 252 g/mol. The van der Waals surface area contributed by atoms with E-state index in [1.165, 1.54) is 19.3 Å². The van der Waals surface area contributed by atoms with Gasteiger partial charge in [-0.15, -0.1) is 0 Å². The van der Waals surface area contributed by atoms with Crippen molar-refractivity contribution < 1.29 is 9.84 Å². The molecule has 2 N–H and O–H groups in total. The lowest BCUT2D eigenvalue weighted by Gasteiger charge is -2.36. The summed E-state index contributed by atoms with van der Waals surface area (Å²) in [6.07, 6.45) is 5.65. The number of ether oxygens (including phenoxy) is 1. The molecule has 20 heavy (non-hydrogen) atoms. The van der Waals surface area contributed by atoms with E-state index in [4.69, 9.17) is 4.74 Å². The Hall–Kier alpha value is -1.73. The quantitative estimate of drug-likeness (QED) is 0.866. The molecule has 1 aromatic rings. The Morgan fingerprint density at radius 1 is 1.35 bits per heavy atom. The highest BCUT2D eigenvalue weighted by atomic mass is 16.5. The van der Waals surface area contributed by atoms with E-state index in [1.54, 1.807) is 13.2 Å². The molecule has 0 bridgehead atoms. The summed E-state index contributed by atoms with van der Waals surface area (Å²) in [4.78, 5) is 0. The maximum absolute atomic E-state index is 9.74. The molecule has 4 heteroatoms. The first kappa shape index (κ1) is 14.7. The number of para-hydroxylation sites is 1. The van der Waals surface area contributed by atoms with Gasteiger partial charge in [0.25, 0.3) is 0 Å². The van der Waals surface area contributed by atoms with Crippen LogP contribution in [0.3, 0.4) is 0 Å². The summed E-state index contributed by atoms with van der Waals surface area (Å²) in [5, 5.41) is 22.3. The van der Waals surface area contributed by atoms with Crippen LogP contribution in [-0.2, 0) is 0 Å². The molecule has 0 atom stereocenters. The van der Waals surface area contributed by atoms with Gasteiger partial charge in [-0.05, 0) is 25.0 Å². The van der Waals surface area contributed by atoms with Crippen molar-refractivity contribution in [3.63, 3.8) is 0 Å². The lowest BCUT2D eigenvalue weighted by atomic mass is 9.74. The van der Waals surface area contributed by atoms with Crippen LogP contribution in [0.15, 0.2) is 18.2 Å². The number of hydrogen-bond donors (Lipinski definition) is 2. The second-order valence-corrected chi connectivity index (χ2v) is 5.57. The summed E-state index contributed by atoms with van der Waals surface area (Å²) in [5.74, 6) is 0.674. The number of hydrogen-bond acceptors (Lipinski definition) is 4. The van der Waals surface area contributed by atoms with Crippen molar-refractivity contribution in [1.29, 1.82) is 5.26 Å². The summed E-state index contributed by atoms with van der Waals surface area (Å²) in [6.45, 7) is 0.871. The molecule has 108 valence electrons. The summed E-state index contributed by atoms with van der Waals surface area (Å²) in [5.41, 5.74) is 1.25. The molecule has 0 spiro atoms. The van der Waals surface area contributed by atoms with Gasteiger partial charge in [-0.2, -0.15) is 5.26 Å². The fraction of sp³-hybridized carbons (Fsp3) is 0.562. The highest BCUT2D eigenvalue weighted by Gasteiger charge is 2.31. The molecule has 0 amide bonds. The molecule has 1 fully saturated rings. The molecule has 0 radical (unpaired) electrons. The predicted octanol–water partition coefficient (Wildman–Crippen LogP) is 2.92. The number of anilines is 1. The van der Waals surface area contributed by atoms with Gasteiger partial charge < -0.3 is 15.2 Å². The fourth-order valence-corrected chi connectivity index (χ4v) is 2.95. The Kier molecular flexibility index (Phi) is 4.86. The van der Waals surface area contributed by atoms with Crippen LogP contribution in [0.2, 0.25) is 0 Å². The number of aliphatic hydroxyl groups excluding tert-OH is 1. The number of rotatable bonds is 5. The van der Waals surface area contributed by atoms with E-state index >= 15 is 0 Å². The Morgan fingerprint density at radius 3 is 2.70 bits per heavy atom. The van der Waals surface area contributed by atoms with Gasteiger partial charge in [-0.1, -0.05) is 25.3 Å². The van der Waals surface area contributed by atoms with Crippen molar-refractivity contribution in [2.24, 2.45) is 5.41 Å². The van der Waals surface area contributed by atoms with Crippen LogP contribution in [0.5, 0.6) is 5.75 Å². The number of nitrogens with one attached hydrogen (secondary N) is 1. The third kappa shape index (κ3) is 3.05. The van der Waals surface area contributed by atoms with Crippen LogP contribution in [-0.4, -0.2) is 25.4 Å². The molecule has 0 aliphatic heterocycles. The van der Waals surface area contributed by atoms with E-state index in [2.05, 4.69) is 11.4 Å². The van der Waals surface area contributed by atoms with Gasteiger partial charge in [-0.25, -0.2) is 0 Å². The molecule has 2 rings (SSSR count). The van der Waals surface area contributed by atoms with Crippen LogP contribution in [0.25, 0.3) is 0 Å². The van der Waals surface area contributed by atoms with Crippen molar-refractivity contribution in [3.05, 3.63) is 23.8 Å².